The minimum Gasteiger partial charge on any atom is -0.393 e. The van der Waals surface area contributed by atoms with Crippen molar-refractivity contribution in [1.82, 2.24) is 4.31 Å². The van der Waals surface area contributed by atoms with Crippen LogP contribution in [0.3, 0.4) is 0 Å². The van der Waals surface area contributed by atoms with Crippen molar-refractivity contribution in [3.8, 4) is 6.07 Å². The average molecular weight is 508 g/mol. The summed E-state index contributed by atoms with van der Waals surface area (Å²) in [4.78, 5) is -1.72. The zero-order valence-corrected chi connectivity index (χ0v) is 18.1. The van der Waals surface area contributed by atoms with Crippen molar-refractivity contribution >= 4 is 19.9 Å². The standard InChI is InChI=1S/C19H16F4N2O6S2/c20-13-3-6-16(15(7-13)19(21,22)23)33(30,31)25-9-17(18(27,10-25)11-26)32(28,29)14-4-1-12(8-24)2-5-14/h1-7,17,26-27H,9-11H2/t17?,18-/m1/s1. The number of halogens is 4. The Morgan fingerprint density at radius 2 is 1.73 bits per heavy atom. The van der Waals surface area contributed by atoms with Crippen molar-refractivity contribution in [2.45, 2.75) is 26.8 Å². The van der Waals surface area contributed by atoms with Gasteiger partial charge in [0.1, 0.15) is 16.7 Å². The van der Waals surface area contributed by atoms with Crippen LogP contribution < -0.4 is 0 Å². The first kappa shape index (κ1) is 25.1. The molecule has 0 aliphatic carbocycles. The summed E-state index contributed by atoms with van der Waals surface area (Å²) in [6.45, 7) is -3.22. The van der Waals surface area contributed by atoms with Gasteiger partial charge in [0.2, 0.25) is 10.0 Å². The molecular weight excluding hydrogens is 492 g/mol. The van der Waals surface area contributed by atoms with E-state index in [4.69, 9.17) is 5.26 Å². The molecule has 1 aliphatic heterocycles. The van der Waals surface area contributed by atoms with Crippen LogP contribution in [-0.4, -0.2) is 61.9 Å². The van der Waals surface area contributed by atoms with Crippen LogP contribution in [0.5, 0.6) is 0 Å². The SMILES string of the molecule is N#Cc1ccc(S(=O)(=O)C2CN(S(=O)(=O)c3ccc(F)cc3C(F)(F)F)C[C@@]2(O)CO)cc1. The van der Waals surface area contributed by atoms with Crippen LogP contribution in [0.4, 0.5) is 17.6 Å². The van der Waals surface area contributed by atoms with Gasteiger partial charge in [0, 0.05) is 13.1 Å². The zero-order chi connectivity index (χ0) is 24.8. The van der Waals surface area contributed by atoms with Crippen LogP contribution >= 0.6 is 0 Å². The number of hydrogen-bond acceptors (Lipinski definition) is 7. The van der Waals surface area contributed by atoms with Gasteiger partial charge in [-0.2, -0.15) is 22.7 Å². The number of sulfonamides is 1. The Labute approximate surface area is 186 Å². The number of rotatable bonds is 5. The lowest BCUT2D eigenvalue weighted by molar-refractivity contribution is -0.140. The summed E-state index contributed by atoms with van der Waals surface area (Å²) in [5, 5.41) is 27.3. The number of aliphatic hydroxyl groups excluding tert-OH is 1. The largest absolute Gasteiger partial charge is 0.417 e. The molecule has 0 radical (unpaired) electrons. The maximum atomic E-state index is 13.4. The number of sulfone groups is 1. The van der Waals surface area contributed by atoms with Gasteiger partial charge in [0.25, 0.3) is 0 Å². The van der Waals surface area contributed by atoms with E-state index in [-0.39, 0.29) is 11.6 Å². The second-order valence-electron chi connectivity index (χ2n) is 7.37. The van der Waals surface area contributed by atoms with Crippen molar-refractivity contribution in [1.29, 1.82) is 5.26 Å². The van der Waals surface area contributed by atoms with E-state index in [1.165, 1.54) is 12.1 Å². The van der Waals surface area contributed by atoms with E-state index in [9.17, 15) is 44.6 Å². The number of β-amino-alcohol motifs (C(OH)–C–C–N with tert-alkyl or cyclic N) is 1. The quantitative estimate of drug-likeness (QED) is 0.581. The summed E-state index contributed by atoms with van der Waals surface area (Å²) in [6.07, 6.45) is -5.24. The Hall–Kier alpha value is -2.57. The molecule has 1 saturated heterocycles. The summed E-state index contributed by atoms with van der Waals surface area (Å²) in [5.41, 5.74) is -4.22. The monoisotopic (exact) mass is 508 g/mol. The van der Waals surface area contributed by atoms with Gasteiger partial charge >= 0.3 is 6.18 Å². The van der Waals surface area contributed by atoms with Crippen LogP contribution in [0.2, 0.25) is 0 Å². The summed E-state index contributed by atoms with van der Waals surface area (Å²) < 4.78 is 106. The predicted octanol–water partition coefficient (Wildman–Crippen LogP) is 1.29. The molecule has 1 aliphatic rings. The summed E-state index contributed by atoms with van der Waals surface area (Å²) in [5.74, 6) is -1.34. The maximum absolute atomic E-state index is 13.4. The molecule has 2 aromatic carbocycles. The molecule has 1 heterocycles. The number of benzene rings is 2. The van der Waals surface area contributed by atoms with Gasteiger partial charge in [-0.1, -0.05) is 0 Å². The van der Waals surface area contributed by atoms with Crippen molar-refractivity contribution in [3.05, 3.63) is 59.4 Å². The molecular formula is C19H16F4N2O6S2. The van der Waals surface area contributed by atoms with E-state index in [0.717, 1.165) is 12.1 Å². The Kier molecular flexibility index (Phi) is 6.33. The molecule has 0 bridgehead atoms. The van der Waals surface area contributed by atoms with Crippen molar-refractivity contribution in [2.75, 3.05) is 19.7 Å². The lowest BCUT2D eigenvalue weighted by Gasteiger charge is -2.26. The first-order valence-electron chi connectivity index (χ1n) is 9.11. The highest BCUT2D eigenvalue weighted by Crippen LogP contribution is 2.39. The molecule has 178 valence electrons. The molecule has 1 unspecified atom stereocenters. The van der Waals surface area contributed by atoms with E-state index in [1.807, 2.05) is 0 Å². The van der Waals surface area contributed by atoms with E-state index >= 15 is 0 Å². The smallest absolute Gasteiger partial charge is 0.393 e. The fourth-order valence-corrected chi connectivity index (χ4v) is 7.27. The number of hydrogen-bond donors (Lipinski definition) is 2. The maximum Gasteiger partial charge on any atom is 0.417 e. The Morgan fingerprint density at radius 1 is 1.12 bits per heavy atom. The van der Waals surface area contributed by atoms with Crippen LogP contribution in [0.15, 0.2) is 52.3 Å². The summed E-state index contributed by atoms with van der Waals surface area (Å²) in [7, 11) is -9.58. The summed E-state index contributed by atoms with van der Waals surface area (Å²) >= 11 is 0. The Balaban J connectivity index is 2.07. The van der Waals surface area contributed by atoms with Crippen molar-refractivity contribution in [3.63, 3.8) is 0 Å². The minimum atomic E-state index is -5.24. The Morgan fingerprint density at radius 3 is 2.24 bits per heavy atom. The van der Waals surface area contributed by atoms with Crippen LogP contribution in [0, 0.1) is 17.1 Å². The fourth-order valence-electron chi connectivity index (χ4n) is 3.52. The molecule has 8 nitrogen and oxygen atoms in total. The molecule has 2 N–H and O–H groups in total. The van der Waals surface area contributed by atoms with E-state index in [2.05, 4.69) is 0 Å². The van der Waals surface area contributed by atoms with E-state index in [1.54, 1.807) is 6.07 Å². The molecule has 1 fully saturated rings. The third-order valence-corrected chi connectivity index (χ3v) is 9.38. The number of nitriles is 1. The van der Waals surface area contributed by atoms with Crippen LogP contribution in [0.1, 0.15) is 11.1 Å². The molecule has 3 rings (SSSR count). The van der Waals surface area contributed by atoms with Gasteiger partial charge < -0.3 is 10.2 Å². The van der Waals surface area contributed by atoms with Gasteiger partial charge in [0.05, 0.1) is 33.6 Å². The highest BCUT2D eigenvalue weighted by molar-refractivity contribution is 7.92. The van der Waals surface area contributed by atoms with Gasteiger partial charge in [-0.3, -0.25) is 0 Å². The van der Waals surface area contributed by atoms with Crippen LogP contribution in [-0.2, 0) is 26.0 Å². The van der Waals surface area contributed by atoms with E-state index < -0.39 is 77.8 Å². The minimum absolute atomic E-state index is 0.00777. The summed E-state index contributed by atoms with van der Waals surface area (Å²) in [6, 6.07) is 7.10. The first-order valence-corrected chi connectivity index (χ1v) is 12.1. The van der Waals surface area contributed by atoms with Crippen LogP contribution in [0.25, 0.3) is 0 Å². The number of nitrogens with zero attached hydrogens (tertiary/aromatic N) is 2. The molecule has 14 heteroatoms. The van der Waals surface area contributed by atoms with E-state index in [0.29, 0.717) is 16.4 Å². The number of aliphatic hydroxyl groups is 2. The van der Waals surface area contributed by atoms with Gasteiger partial charge in [-0.05, 0) is 42.5 Å². The normalized spacial score (nSPS) is 22.3. The van der Waals surface area contributed by atoms with Crippen molar-refractivity contribution < 1.29 is 44.6 Å². The highest BCUT2D eigenvalue weighted by atomic mass is 32.2. The molecule has 2 aromatic rings. The lowest BCUT2D eigenvalue weighted by Crippen LogP contribution is -2.49. The molecule has 0 aromatic heterocycles. The van der Waals surface area contributed by atoms with Gasteiger partial charge in [0.15, 0.2) is 9.84 Å². The zero-order valence-electron chi connectivity index (χ0n) is 16.5. The lowest BCUT2D eigenvalue weighted by atomic mass is 10.1. The third-order valence-electron chi connectivity index (χ3n) is 5.24. The predicted molar refractivity (Wildman–Crippen MR) is 104 cm³/mol. The Bertz CT molecular complexity index is 1320. The average Bonchev–Trinajstić information content (AvgIpc) is 3.13. The number of alkyl halides is 3. The molecule has 2 atom stereocenters. The second kappa shape index (κ2) is 8.33. The second-order valence-corrected chi connectivity index (χ2v) is 11.4. The highest BCUT2D eigenvalue weighted by Gasteiger charge is 2.55. The van der Waals surface area contributed by atoms with Gasteiger partial charge in [-0.25, -0.2) is 21.2 Å². The first-order chi connectivity index (χ1) is 15.2. The third kappa shape index (κ3) is 4.46. The molecule has 0 saturated carbocycles. The fraction of sp³-hybridized carbons (Fsp3) is 0.316. The molecule has 0 spiro atoms. The van der Waals surface area contributed by atoms with Gasteiger partial charge in [-0.15, -0.1) is 0 Å². The molecule has 0 amide bonds. The van der Waals surface area contributed by atoms with Crippen molar-refractivity contribution in [2.24, 2.45) is 0 Å². The molecule has 33 heavy (non-hydrogen) atoms. The topological polar surface area (TPSA) is 136 Å².